The summed E-state index contributed by atoms with van der Waals surface area (Å²) in [5.74, 6) is -1.46. The predicted octanol–water partition coefficient (Wildman–Crippen LogP) is 5.23. The number of alkyl halides is 3. The minimum atomic E-state index is -4.87. The molecule has 0 aliphatic heterocycles. The molecule has 7 nitrogen and oxygen atoms in total. The summed E-state index contributed by atoms with van der Waals surface area (Å²) >= 11 is 0. The van der Waals surface area contributed by atoms with Gasteiger partial charge in [0.05, 0.1) is 34.2 Å². The Morgan fingerprint density at radius 3 is 2.63 bits per heavy atom. The monoisotopic (exact) mass is 415 g/mol. The first-order chi connectivity index (χ1) is 14.3. The van der Waals surface area contributed by atoms with Crippen LogP contribution in [0, 0.1) is 0 Å². The molecule has 0 saturated carbocycles. The molecule has 4 rings (SSSR count). The fraction of sp³-hybridized carbons (Fsp3) is 0.0500. The molecule has 0 saturated heterocycles. The van der Waals surface area contributed by atoms with Gasteiger partial charge >= 0.3 is 12.3 Å². The van der Waals surface area contributed by atoms with Crippen molar-refractivity contribution in [3.05, 3.63) is 66.7 Å². The highest BCUT2D eigenvalue weighted by Gasteiger charge is 2.31. The van der Waals surface area contributed by atoms with Crippen molar-refractivity contribution in [2.75, 3.05) is 5.32 Å². The van der Waals surface area contributed by atoms with Crippen molar-refractivity contribution >= 4 is 28.2 Å². The average molecular weight is 415 g/mol. The molecule has 2 aromatic carbocycles. The van der Waals surface area contributed by atoms with Gasteiger partial charge in [0.15, 0.2) is 0 Å². The van der Waals surface area contributed by atoms with Crippen LogP contribution in [-0.4, -0.2) is 27.4 Å². The van der Waals surface area contributed by atoms with E-state index in [0.29, 0.717) is 11.1 Å². The Hall–Kier alpha value is -4.08. The third-order valence-corrected chi connectivity index (χ3v) is 4.15. The first-order valence-corrected chi connectivity index (χ1v) is 8.49. The molecule has 2 aromatic heterocycles. The number of nitrogens with one attached hydrogen (secondary N) is 1. The minimum Gasteiger partial charge on any atom is -0.478 e. The van der Waals surface area contributed by atoms with Gasteiger partial charge in [-0.25, -0.2) is 9.78 Å². The molecule has 152 valence electrons. The highest BCUT2D eigenvalue weighted by molar-refractivity contribution is 6.03. The van der Waals surface area contributed by atoms with Gasteiger partial charge in [0.25, 0.3) is 0 Å². The number of halogens is 3. The summed E-state index contributed by atoms with van der Waals surface area (Å²) in [6.45, 7) is 0. The fourth-order valence-corrected chi connectivity index (χ4v) is 2.94. The van der Waals surface area contributed by atoms with Gasteiger partial charge in [0.1, 0.15) is 12.0 Å². The van der Waals surface area contributed by atoms with Crippen LogP contribution in [-0.2, 0) is 0 Å². The van der Waals surface area contributed by atoms with Crippen molar-refractivity contribution in [3.63, 3.8) is 0 Å². The zero-order chi connectivity index (χ0) is 21.3. The zero-order valence-electron chi connectivity index (χ0n) is 15.0. The number of carboxylic acid groups (broad SMARTS) is 1. The number of carboxylic acids is 1. The van der Waals surface area contributed by atoms with E-state index in [2.05, 4.69) is 20.0 Å². The number of rotatable bonds is 5. The molecule has 0 fully saturated rings. The summed E-state index contributed by atoms with van der Waals surface area (Å²) in [6, 6.07) is 9.79. The second-order valence-corrected chi connectivity index (χ2v) is 6.09. The van der Waals surface area contributed by atoms with Crippen LogP contribution >= 0.6 is 0 Å². The van der Waals surface area contributed by atoms with E-state index < -0.39 is 18.1 Å². The lowest BCUT2D eigenvalue weighted by molar-refractivity contribution is -0.274. The highest BCUT2D eigenvalue weighted by Crippen LogP contribution is 2.38. The smallest absolute Gasteiger partial charge is 0.478 e. The summed E-state index contributed by atoms with van der Waals surface area (Å²) < 4.78 is 47.4. The normalized spacial score (nSPS) is 11.4. The van der Waals surface area contributed by atoms with Crippen LogP contribution in [0.15, 0.2) is 65.5 Å². The maximum absolute atomic E-state index is 12.7. The van der Waals surface area contributed by atoms with Gasteiger partial charge < -0.3 is 19.6 Å². The third kappa shape index (κ3) is 3.88. The minimum absolute atomic E-state index is 0.0245. The SMILES string of the molecule is O=C(O)c1ccccc1Nc1c(-c2ncco2)cnc2ccc(OC(F)(F)F)cc12. The number of aromatic nitrogens is 2. The van der Waals surface area contributed by atoms with Gasteiger partial charge in [-0.3, -0.25) is 4.98 Å². The molecule has 30 heavy (non-hydrogen) atoms. The van der Waals surface area contributed by atoms with Crippen molar-refractivity contribution in [3.8, 4) is 17.2 Å². The summed E-state index contributed by atoms with van der Waals surface area (Å²) in [7, 11) is 0. The van der Waals surface area contributed by atoms with E-state index in [1.807, 2.05) is 0 Å². The van der Waals surface area contributed by atoms with Gasteiger partial charge in [0.2, 0.25) is 5.89 Å². The first kappa shape index (κ1) is 19.2. The molecule has 4 aromatic rings. The molecule has 0 amide bonds. The third-order valence-electron chi connectivity index (χ3n) is 4.15. The standard InChI is InChI=1S/C20H12F3N3O4/c21-20(22,23)30-11-5-6-15-13(9-11)17(14(10-25-15)18-24-7-8-29-18)26-16-4-2-1-3-12(16)19(27)28/h1-10H,(H,25,26)(H,27,28). The average Bonchev–Trinajstić information content (AvgIpc) is 3.22. The van der Waals surface area contributed by atoms with Crippen molar-refractivity contribution < 1.29 is 32.2 Å². The van der Waals surface area contributed by atoms with E-state index >= 15 is 0 Å². The van der Waals surface area contributed by atoms with Crippen LogP contribution in [0.4, 0.5) is 24.5 Å². The Kier molecular flexibility index (Phi) is 4.74. The van der Waals surface area contributed by atoms with Crippen LogP contribution in [0.1, 0.15) is 10.4 Å². The number of ether oxygens (including phenoxy) is 1. The number of oxazole rings is 1. The van der Waals surface area contributed by atoms with E-state index in [1.54, 1.807) is 12.1 Å². The lowest BCUT2D eigenvalue weighted by Gasteiger charge is -2.16. The summed E-state index contributed by atoms with van der Waals surface area (Å²) in [6.07, 6.45) is -0.704. The molecular formula is C20H12F3N3O4. The van der Waals surface area contributed by atoms with Crippen LogP contribution in [0.5, 0.6) is 5.75 Å². The number of pyridine rings is 1. The zero-order valence-corrected chi connectivity index (χ0v) is 15.0. The van der Waals surface area contributed by atoms with Crippen LogP contribution in [0.25, 0.3) is 22.4 Å². The molecule has 0 bridgehead atoms. The van der Waals surface area contributed by atoms with Crippen LogP contribution in [0.2, 0.25) is 0 Å². The number of fused-ring (bicyclic) bond motifs is 1. The van der Waals surface area contributed by atoms with Gasteiger partial charge in [-0.05, 0) is 30.3 Å². The molecule has 0 unspecified atom stereocenters. The molecule has 10 heteroatoms. The van der Waals surface area contributed by atoms with Crippen molar-refractivity contribution in [2.45, 2.75) is 6.36 Å². The summed E-state index contributed by atoms with van der Waals surface area (Å²) in [5.41, 5.74) is 1.16. The van der Waals surface area contributed by atoms with Crippen molar-refractivity contribution in [1.29, 1.82) is 0 Å². The largest absolute Gasteiger partial charge is 0.573 e. The number of carbonyl (C=O) groups is 1. The Bertz CT molecular complexity index is 1220. The Balaban J connectivity index is 1.93. The second kappa shape index (κ2) is 7.39. The van der Waals surface area contributed by atoms with Gasteiger partial charge in [0, 0.05) is 11.6 Å². The van der Waals surface area contributed by atoms with Crippen molar-refractivity contribution in [1.82, 2.24) is 9.97 Å². The maximum Gasteiger partial charge on any atom is 0.573 e. The number of hydrogen-bond acceptors (Lipinski definition) is 6. The second-order valence-electron chi connectivity index (χ2n) is 6.09. The number of hydrogen-bond donors (Lipinski definition) is 2. The number of nitrogens with zero attached hydrogens (tertiary/aromatic N) is 2. The predicted molar refractivity (Wildman–Crippen MR) is 101 cm³/mol. The molecule has 0 aliphatic carbocycles. The lowest BCUT2D eigenvalue weighted by atomic mass is 10.1. The highest BCUT2D eigenvalue weighted by atomic mass is 19.4. The summed E-state index contributed by atoms with van der Waals surface area (Å²) in [4.78, 5) is 19.9. The summed E-state index contributed by atoms with van der Waals surface area (Å²) in [5, 5.41) is 12.7. The number of aromatic carboxylic acids is 1. The molecule has 0 spiro atoms. The van der Waals surface area contributed by atoms with Gasteiger partial charge in [-0.2, -0.15) is 0 Å². The molecule has 2 N–H and O–H groups in total. The molecule has 0 aliphatic rings. The number of benzene rings is 2. The van der Waals surface area contributed by atoms with Gasteiger partial charge in [-0.1, -0.05) is 12.1 Å². The molecular weight excluding hydrogens is 403 g/mol. The molecule has 0 radical (unpaired) electrons. The van der Waals surface area contributed by atoms with E-state index in [0.717, 1.165) is 12.1 Å². The lowest BCUT2D eigenvalue weighted by Crippen LogP contribution is -2.17. The van der Waals surface area contributed by atoms with Crippen LogP contribution < -0.4 is 10.1 Å². The molecule has 0 atom stereocenters. The first-order valence-electron chi connectivity index (χ1n) is 8.49. The topological polar surface area (TPSA) is 97.5 Å². The molecule has 2 heterocycles. The van der Waals surface area contributed by atoms with E-state index in [4.69, 9.17) is 4.42 Å². The maximum atomic E-state index is 12.7. The Labute approximate surface area is 166 Å². The number of anilines is 2. The van der Waals surface area contributed by atoms with E-state index in [1.165, 1.54) is 36.9 Å². The fourth-order valence-electron chi connectivity index (χ4n) is 2.94. The van der Waals surface area contributed by atoms with E-state index in [9.17, 15) is 23.1 Å². The quantitative estimate of drug-likeness (QED) is 0.461. The van der Waals surface area contributed by atoms with Crippen molar-refractivity contribution in [2.24, 2.45) is 0 Å². The van der Waals surface area contributed by atoms with Crippen LogP contribution in [0.3, 0.4) is 0 Å². The number of para-hydroxylation sites is 1. The van der Waals surface area contributed by atoms with Gasteiger partial charge in [-0.15, -0.1) is 13.2 Å². The Morgan fingerprint density at radius 1 is 1.13 bits per heavy atom. The van der Waals surface area contributed by atoms with E-state index in [-0.39, 0.29) is 28.2 Å². The Morgan fingerprint density at radius 2 is 1.93 bits per heavy atom.